The number of aliphatic imine (C=N–C) groups is 1. The Morgan fingerprint density at radius 2 is 2.70 bits per heavy atom. The molecular formula is C6H7N3O. The molecule has 10 heavy (non-hydrogen) atoms. The number of hydrogen-bond acceptors (Lipinski definition) is 2. The van der Waals surface area contributed by atoms with Crippen LogP contribution < -0.4 is 5.32 Å². The summed E-state index contributed by atoms with van der Waals surface area (Å²) < 4.78 is 0. The number of carbonyl (C=O) groups is 1. The van der Waals surface area contributed by atoms with Gasteiger partial charge in [0, 0.05) is 25.0 Å². The third-order valence-electron chi connectivity index (χ3n) is 1.61. The first-order valence-electron chi connectivity index (χ1n) is 3.15. The predicted octanol–water partition coefficient (Wildman–Crippen LogP) is 0.283. The molecule has 1 atom stereocenters. The summed E-state index contributed by atoms with van der Waals surface area (Å²) in [5.74, 6) is 0. The molecule has 2 heterocycles. The lowest BCUT2D eigenvalue weighted by Crippen LogP contribution is -2.40. The highest BCUT2D eigenvalue weighted by atomic mass is 16.2. The number of fused-ring (bicyclic) bond motifs is 1. The van der Waals surface area contributed by atoms with Crippen LogP contribution in [-0.2, 0) is 0 Å². The average Bonchev–Trinajstić information content (AvgIpc) is 2.36. The minimum Gasteiger partial charge on any atom is -0.369 e. The molecule has 0 saturated carbocycles. The van der Waals surface area contributed by atoms with E-state index in [4.69, 9.17) is 0 Å². The number of nitrogens with one attached hydrogen (secondary N) is 1. The molecule has 2 rings (SSSR count). The molecule has 4 nitrogen and oxygen atoms in total. The van der Waals surface area contributed by atoms with Crippen LogP contribution in [0.3, 0.4) is 0 Å². The minimum absolute atomic E-state index is 0.116. The van der Waals surface area contributed by atoms with Crippen molar-refractivity contribution in [1.29, 1.82) is 0 Å². The summed E-state index contributed by atoms with van der Waals surface area (Å²) in [6.07, 6.45) is 6.02. The van der Waals surface area contributed by atoms with Crippen LogP contribution in [0.2, 0.25) is 0 Å². The average molecular weight is 137 g/mol. The lowest BCUT2D eigenvalue weighted by molar-refractivity contribution is 0.209. The van der Waals surface area contributed by atoms with Crippen LogP contribution in [0.25, 0.3) is 0 Å². The van der Waals surface area contributed by atoms with E-state index in [0.717, 1.165) is 6.42 Å². The zero-order chi connectivity index (χ0) is 6.97. The van der Waals surface area contributed by atoms with Crippen molar-refractivity contribution in [3.8, 4) is 0 Å². The maximum atomic E-state index is 10.9. The Labute approximate surface area is 58.2 Å². The van der Waals surface area contributed by atoms with Gasteiger partial charge < -0.3 is 5.32 Å². The lowest BCUT2D eigenvalue weighted by Gasteiger charge is -2.23. The zero-order valence-corrected chi connectivity index (χ0v) is 5.32. The third kappa shape index (κ3) is 0.618. The van der Waals surface area contributed by atoms with Crippen molar-refractivity contribution in [2.75, 3.05) is 0 Å². The molecule has 2 aliphatic rings. The molecule has 52 valence electrons. The second kappa shape index (κ2) is 1.83. The van der Waals surface area contributed by atoms with E-state index in [1.807, 2.05) is 0 Å². The number of amides is 2. The van der Waals surface area contributed by atoms with E-state index in [1.165, 1.54) is 0 Å². The smallest absolute Gasteiger partial charge is 0.348 e. The molecule has 0 saturated heterocycles. The summed E-state index contributed by atoms with van der Waals surface area (Å²) in [7, 11) is 0. The van der Waals surface area contributed by atoms with Crippen molar-refractivity contribution < 1.29 is 4.79 Å². The van der Waals surface area contributed by atoms with Gasteiger partial charge in [-0.2, -0.15) is 0 Å². The number of nitrogens with zero attached hydrogens (tertiary/aromatic N) is 2. The summed E-state index contributed by atoms with van der Waals surface area (Å²) >= 11 is 0. The van der Waals surface area contributed by atoms with Crippen LogP contribution in [0.4, 0.5) is 4.79 Å². The molecule has 0 fully saturated rings. The second-order valence-corrected chi connectivity index (χ2v) is 2.24. The van der Waals surface area contributed by atoms with Gasteiger partial charge in [-0.3, -0.25) is 4.90 Å². The van der Waals surface area contributed by atoms with Gasteiger partial charge in [0.1, 0.15) is 6.17 Å². The van der Waals surface area contributed by atoms with E-state index in [0.29, 0.717) is 0 Å². The minimum atomic E-state index is -0.183. The van der Waals surface area contributed by atoms with E-state index in [1.54, 1.807) is 23.5 Å². The Morgan fingerprint density at radius 3 is 3.50 bits per heavy atom. The number of rotatable bonds is 0. The van der Waals surface area contributed by atoms with Crippen molar-refractivity contribution in [2.45, 2.75) is 12.6 Å². The third-order valence-corrected chi connectivity index (χ3v) is 1.61. The molecule has 0 bridgehead atoms. The summed E-state index contributed by atoms with van der Waals surface area (Å²) in [6.45, 7) is 0. The molecule has 0 aliphatic carbocycles. The number of urea groups is 1. The van der Waals surface area contributed by atoms with Gasteiger partial charge >= 0.3 is 6.03 Å². The van der Waals surface area contributed by atoms with Gasteiger partial charge in [-0.05, 0) is 0 Å². The number of carbonyl (C=O) groups excluding carboxylic acids is 1. The summed E-state index contributed by atoms with van der Waals surface area (Å²) in [5, 5.41) is 3.02. The summed E-state index contributed by atoms with van der Waals surface area (Å²) in [4.78, 5) is 16.1. The van der Waals surface area contributed by atoms with E-state index in [-0.39, 0.29) is 12.2 Å². The Morgan fingerprint density at radius 1 is 1.80 bits per heavy atom. The van der Waals surface area contributed by atoms with Crippen LogP contribution in [0, 0.1) is 0 Å². The molecule has 0 aromatic heterocycles. The summed E-state index contributed by atoms with van der Waals surface area (Å²) in [6, 6.07) is -0.183. The van der Waals surface area contributed by atoms with Crippen LogP contribution in [-0.4, -0.2) is 23.3 Å². The molecular weight excluding hydrogens is 130 g/mol. The summed E-state index contributed by atoms with van der Waals surface area (Å²) in [5.41, 5.74) is 0. The molecule has 4 heteroatoms. The first-order valence-corrected chi connectivity index (χ1v) is 3.15. The highest BCUT2D eigenvalue weighted by Gasteiger charge is 2.25. The van der Waals surface area contributed by atoms with E-state index < -0.39 is 0 Å². The fourth-order valence-corrected chi connectivity index (χ4v) is 1.09. The number of hydrogen-bond donors (Lipinski definition) is 1. The van der Waals surface area contributed by atoms with Crippen molar-refractivity contribution in [2.24, 2.45) is 4.99 Å². The molecule has 0 radical (unpaired) electrons. The van der Waals surface area contributed by atoms with Gasteiger partial charge in [-0.1, -0.05) is 0 Å². The van der Waals surface area contributed by atoms with E-state index in [9.17, 15) is 4.79 Å². The van der Waals surface area contributed by atoms with Crippen molar-refractivity contribution in [1.82, 2.24) is 10.2 Å². The molecule has 2 aliphatic heterocycles. The highest BCUT2D eigenvalue weighted by molar-refractivity contribution is 5.87. The Kier molecular flexibility index (Phi) is 1.00. The molecule has 1 unspecified atom stereocenters. The normalized spacial score (nSPS) is 28.6. The van der Waals surface area contributed by atoms with Gasteiger partial charge in [0.05, 0.1) is 0 Å². The quantitative estimate of drug-likeness (QED) is 0.521. The van der Waals surface area contributed by atoms with Gasteiger partial charge in [0.15, 0.2) is 0 Å². The van der Waals surface area contributed by atoms with Crippen molar-refractivity contribution in [3.05, 3.63) is 12.4 Å². The van der Waals surface area contributed by atoms with Crippen LogP contribution in [0.1, 0.15) is 6.42 Å². The lowest BCUT2D eigenvalue weighted by atomic mass is 10.3. The van der Waals surface area contributed by atoms with Crippen molar-refractivity contribution in [3.63, 3.8) is 0 Å². The standard InChI is InChI=1S/C6H7N3O/c10-6-8-2-1-5-7-3-4-9(5)6/h2-5,7H,1H2. The fourth-order valence-electron chi connectivity index (χ4n) is 1.09. The fraction of sp³-hybridized carbons (Fsp3) is 0.333. The van der Waals surface area contributed by atoms with Gasteiger partial charge in [-0.15, -0.1) is 0 Å². The molecule has 0 aromatic rings. The Bertz CT molecular complexity index is 221. The maximum Gasteiger partial charge on any atom is 0.348 e. The second-order valence-electron chi connectivity index (χ2n) is 2.24. The van der Waals surface area contributed by atoms with Crippen LogP contribution in [0.15, 0.2) is 17.4 Å². The molecule has 1 N–H and O–H groups in total. The first-order chi connectivity index (χ1) is 4.88. The molecule has 0 spiro atoms. The van der Waals surface area contributed by atoms with Crippen LogP contribution >= 0.6 is 0 Å². The molecule has 2 amide bonds. The largest absolute Gasteiger partial charge is 0.369 e. The highest BCUT2D eigenvalue weighted by Crippen LogP contribution is 2.12. The molecule has 0 aromatic carbocycles. The van der Waals surface area contributed by atoms with Crippen LogP contribution in [0.5, 0.6) is 0 Å². The van der Waals surface area contributed by atoms with Gasteiger partial charge in [0.2, 0.25) is 0 Å². The van der Waals surface area contributed by atoms with Gasteiger partial charge in [0.25, 0.3) is 0 Å². The first kappa shape index (κ1) is 5.46. The Balaban J connectivity index is 2.27. The predicted molar refractivity (Wildman–Crippen MR) is 36.4 cm³/mol. The maximum absolute atomic E-state index is 10.9. The van der Waals surface area contributed by atoms with E-state index >= 15 is 0 Å². The monoisotopic (exact) mass is 137 g/mol. The van der Waals surface area contributed by atoms with E-state index in [2.05, 4.69) is 10.3 Å². The SMILES string of the molecule is O=C1N=CCC2NC=CN12. The van der Waals surface area contributed by atoms with Gasteiger partial charge in [-0.25, -0.2) is 9.79 Å². The zero-order valence-electron chi connectivity index (χ0n) is 5.32. The topological polar surface area (TPSA) is 44.7 Å². The van der Waals surface area contributed by atoms with Crippen molar-refractivity contribution >= 4 is 12.2 Å². The Hall–Kier alpha value is -1.32.